The van der Waals surface area contributed by atoms with E-state index in [1.165, 1.54) is 0 Å². The normalized spacial score (nSPS) is 15.0. The van der Waals surface area contributed by atoms with Crippen molar-refractivity contribution in [3.63, 3.8) is 0 Å². The van der Waals surface area contributed by atoms with E-state index in [4.69, 9.17) is 9.47 Å². The van der Waals surface area contributed by atoms with Gasteiger partial charge in [0.25, 0.3) is 5.91 Å². The van der Waals surface area contributed by atoms with Gasteiger partial charge in [0, 0.05) is 42.8 Å². The monoisotopic (exact) mass is 418 g/mol. The second kappa shape index (κ2) is 8.56. The van der Waals surface area contributed by atoms with Crippen LogP contribution in [0.4, 0.5) is 0 Å². The van der Waals surface area contributed by atoms with Gasteiger partial charge in [0.05, 0.1) is 19.8 Å². The van der Waals surface area contributed by atoms with Crippen LogP contribution in [0.3, 0.4) is 0 Å². The van der Waals surface area contributed by atoms with Crippen LogP contribution in [0.15, 0.2) is 46.9 Å². The van der Waals surface area contributed by atoms with Crippen LogP contribution in [0.25, 0.3) is 0 Å². The molecule has 1 amide bonds. The third kappa shape index (κ3) is 4.19. The molecular weight excluding hydrogens is 396 g/mol. The number of methoxy groups -OCH3 is 2. The van der Waals surface area contributed by atoms with E-state index in [1.54, 1.807) is 14.2 Å². The molecule has 3 rings (SSSR count). The zero-order chi connectivity index (χ0) is 18.5. The molecule has 6 heteroatoms. The number of benzene rings is 2. The van der Waals surface area contributed by atoms with E-state index in [-0.39, 0.29) is 5.91 Å². The lowest BCUT2D eigenvalue weighted by molar-refractivity contribution is 0.0626. The first-order valence-electron chi connectivity index (χ1n) is 8.59. The highest BCUT2D eigenvalue weighted by atomic mass is 79.9. The number of nitrogens with zero attached hydrogens (tertiary/aromatic N) is 2. The molecule has 0 saturated carbocycles. The van der Waals surface area contributed by atoms with E-state index in [2.05, 4.69) is 20.8 Å². The summed E-state index contributed by atoms with van der Waals surface area (Å²) in [6, 6.07) is 13.4. The number of hydrogen-bond donors (Lipinski definition) is 0. The number of amides is 1. The summed E-state index contributed by atoms with van der Waals surface area (Å²) in [6.45, 7) is 3.86. The van der Waals surface area contributed by atoms with Crippen molar-refractivity contribution in [3.05, 3.63) is 58.1 Å². The zero-order valence-corrected chi connectivity index (χ0v) is 16.7. The van der Waals surface area contributed by atoms with Crippen LogP contribution in [0, 0.1) is 0 Å². The molecule has 1 heterocycles. The molecule has 5 nitrogen and oxygen atoms in total. The smallest absolute Gasteiger partial charge is 0.255 e. The van der Waals surface area contributed by atoms with E-state index in [0.717, 1.165) is 46.7 Å². The molecule has 0 atom stereocenters. The maximum absolute atomic E-state index is 12.7. The van der Waals surface area contributed by atoms with Crippen LogP contribution in [0.1, 0.15) is 15.9 Å². The van der Waals surface area contributed by atoms with Gasteiger partial charge in [0.15, 0.2) is 0 Å². The fourth-order valence-corrected chi connectivity index (χ4v) is 3.61. The van der Waals surface area contributed by atoms with E-state index in [9.17, 15) is 4.79 Å². The minimum Gasteiger partial charge on any atom is -0.497 e. The largest absolute Gasteiger partial charge is 0.497 e. The second-order valence-electron chi connectivity index (χ2n) is 6.23. The van der Waals surface area contributed by atoms with Gasteiger partial charge in [-0.3, -0.25) is 9.69 Å². The molecule has 0 radical (unpaired) electrons. The van der Waals surface area contributed by atoms with E-state index in [0.29, 0.717) is 13.1 Å². The number of ether oxygens (including phenoxy) is 2. The molecule has 138 valence electrons. The Morgan fingerprint density at radius 1 is 1.04 bits per heavy atom. The second-order valence-corrected chi connectivity index (χ2v) is 7.08. The molecule has 1 saturated heterocycles. The summed E-state index contributed by atoms with van der Waals surface area (Å²) in [5.74, 6) is 1.76. The van der Waals surface area contributed by atoms with Gasteiger partial charge in [0.1, 0.15) is 11.5 Å². The summed E-state index contributed by atoms with van der Waals surface area (Å²) in [6.07, 6.45) is 0. The molecule has 1 aliphatic rings. The molecule has 0 bridgehead atoms. The summed E-state index contributed by atoms with van der Waals surface area (Å²) < 4.78 is 11.6. The van der Waals surface area contributed by atoms with Crippen molar-refractivity contribution in [1.29, 1.82) is 0 Å². The fraction of sp³-hybridized carbons (Fsp3) is 0.350. The first kappa shape index (κ1) is 18.7. The van der Waals surface area contributed by atoms with Gasteiger partial charge in [-0.2, -0.15) is 0 Å². The number of carbonyl (C=O) groups excluding carboxylic acids is 1. The summed E-state index contributed by atoms with van der Waals surface area (Å²) in [4.78, 5) is 17.0. The van der Waals surface area contributed by atoms with Gasteiger partial charge < -0.3 is 14.4 Å². The Morgan fingerprint density at radius 3 is 2.42 bits per heavy atom. The molecule has 26 heavy (non-hydrogen) atoms. The van der Waals surface area contributed by atoms with Crippen LogP contribution in [0.5, 0.6) is 11.5 Å². The molecule has 1 aliphatic heterocycles. The number of rotatable bonds is 5. The average Bonchev–Trinajstić information content (AvgIpc) is 2.68. The van der Waals surface area contributed by atoms with Crippen LogP contribution in [0.2, 0.25) is 0 Å². The lowest BCUT2D eigenvalue weighted by atomic mass is 10.1. The van der Waals surface area contributed by atoms with Crippen molar-refractivity contribution in [1.82, 2.24) is 9.80 Å². The van der Waals surface area contributed by atoms with E-state index < -0.39 is 0 Å². The zero-order valence-electron chi connectivity index (χ0n) is 15.1. The van der Waals surface area contributed by atoms with Crippen LogP contribution in [-0.4, -0.2) is 56.1 Å². The van der Waals surface area contributed by atoms with Gasteiger partial charge in [-0.25, -0.2) is 0 Å². The van der Waals surface area contributed by atoms with Crippen molar-refractivity contribution in [3.8, 4) is 11.5 Å². The summed E-state index contributed by atoms with van der Waals surface area (Å²) in [5.41, 5.74) is 1.81. The Balaban J connectivity index is 1.62. The predicted octanol–water partition coefficient (Wildman–Crippen LogP) is 3.42. The van der Waals surface area contributed by atoms with Crippen LogP contribution in [-0.2, 0) is 6.54 Å². The lowest BCUT2D eigenvalue weighted by Gasteiger charge is -2.35. The van der Waals surface area contributed by atoms with Crippen molar-refractivity contribution in [2.45, 2.75) is 6.54 Å². The molecular formula is C20H23BrN2O3. The Kier molecular flexibility index (Phi) is 6.16. The Morgan fingerprint density at radius 2 is 1.77 bits per heavy atom. The maximum atomic E-state index is 12.7. The van der Waals surface area contributed by atoms with E-state index in [1.807, 2.05) is 47.4 Å². The third-order valence-electron chi connectivity index (χ3n) is 4.65. The quantitative estimate of drug-likeness (QED) is 0.745. The van der Waals surface area contributed by atoms with Crippen molar-refractivity contribution in [2.75, 3.05) is 40.4 Å². The maximum Gasteiger partial charge on any atom is 0.255 e. The molecule has 0 aliphatic carbocycles. The minimum atomic E-state index is 0.0797. The van der Waals surface area contributed by atoms with Crippen LogP contribution < -0.4 is 9.47 Å². The fourth-order valence-electron chi connectivity index (χ4n) is 3.16. The number of halogens is 1. The average molecular weight is 419 g/mol. The summed E-state index contributed by atoms with van der Waals surface area (Å²) in [5, 5.41) is 0. The van der Waals surface area contributed by atoms with Gasteiger partial charge in [-0.05, 0) is 46.3 Å². The highest BCUT2D eigenvalue weighted by Gasteiger charge is 2.24. The third-order valence-corrected chi connectivity index (χ3v) is 5.34. The Bertz CT molecular complexity index is 773. The SMILES string of the molecule is COc1ccc(OC)c(CN2CCN(C(=O)c3ccccc3Br)CC2)c1. The molecule has 0 N–H and O–H groups in total. The molecule has 0 unspecified atom stereocenters. The number of piperazine rings is 1. The Hall–Kier alpha value is -2.05. The van der Waals surface area contributed by atoms with Gasteiger partial charge >= 0.3 is 0 Å². The molecule has 2 aromatic rings. The molecule has 0 spiro atoms. The first-order valence-corrected chi connectivity index (χ1v) is 9.38. The Labute approximate surface area is 162 Å². The molecule has 1 fully saturated rings. The van der Waals surface area contributed by atoms with Gasteiger partial charge in [0.2, 0.25) is 0 Å². The molecule has 0 aromatic heterocycles. The summed E-state index contributed by atoms with van der Waals surface area (Å²) in [7, 11) is 3.34. The van der Waals surface area contributed by atoms with Crippen molar-refractivity contribution in [2.24, 2.45) is 0 Å². The predicted molar refractivity (Wildman–Crippen MR) is 105 cm³/mol. The van der Waals surface area contributed by atoms with Crippen LogP contribution >= 0.6 is 15.9 Å². The number of carbonyl (C=O) groups is 1. The number of hydrogen-bond acceptors (Lipinski definition) is 4. The highest BCUT2D eigenvalue weighted by Crippen LogP contribution is 2.26. The summed E-state index contributed by atoms with van der Waals surface area (Å²) >= 11 is 3.47. The topological polar surface area (TPSA) is 42.0 Å². The standard InChI is InChI=1S/C20H23BrN2O3/c1-25-16-7-8-19(26-2)15(13-16)14-22-9-11-23(12-10-22)20(24)17-5-3-4-6-18(17)21/h3-8,13H,9-12,14H2,1-2H3. The van der Waals surface area contributed by atoms with Gasteiger partial charge in [-0.1, -0.05) is 12.1 Å². The van der Waals surface area contributed by atoms with E-state index >= 15 is 0 Å². The minimum absolute atomic E-state index is 0.0797. The van der Waals surface area contributed by atoms with Gasteiger partial charge in [-0.15, -0.1) is 0 Å². The molecule has 2 aromatic carbocycles. The van der Waals surface area contributed by atoms with Crippen molar-refractivity contribution < 1.29 is 14.3 Å². The first-order chi connectivity index (χ1) is 12.6. The highest BCUT2D eigenvalue weighted by molar-refractivity contribution is 9.10. The lowest BCUT2D eigenvalue weighted by Crippen LogP contribution is -2.48. The van der Waals surface area contributed by atoms with Crippen molar-refractivity contribution >= 4 is 21.8 Å².